The Kier molecular flexibility index (Phi) is 4.47. The first-order valence-electron chi connectivity index (χ1n) is 2.86. The van der Waals surface area contributed by atoms with Crippen LogP contribution in [-0.2, 0) is 0 Å². The second-order valence-corrected chi connectivity index (χ2v) is 1.67. The Morgan fingerprint density at radius 1 is 1.20 bits per heavy atom. The monoisotopic (exact) mass is 153 g/mol. The van der Waals surface area contributed by atoms with Crippen molar-refractivity contribution < 1.29 is 12.4 Å². The third-order valence-electron chi connectivity index (χ3n) is 0.997. The van der Waals surface area contributed by atoms with E-state index >= 15 is 0 Å². The molecular weight excluding hydrogens is 146 g/mol. The summed E-state index contributed by atoms with van der Waals surface area (Å²) in [7, 11) is 0. The summed E-state index contributed by atoms with van der Waals surface area (Å²) < 4.78 is 0. The Hall–Kier alpha value is -0.910. The molecule has 1 aromatic carbocycles. The lowest BCUT2D eigenvalue weighted by Crippen LogP contribution is -3.00. The van der Waals surface area contributed by atoms with E-state index in [0.29, 0.717) is 0 Å². The molecule has 0 saturated carbocycles. The Morgan fingerprint density at radius 3 is 2.30 bits per heavy atom. The van der Waals surface area contributed by atoms with Crippen molar-refractivity contribution in [1.29, 1.82) is 0 Å². The van der Waals surface area contributed by atoms with Crippen LogP contribution in [0.1, 0.15) is 6.92 Å². The van der Waals surface area contributed by atoms with E-state index in [2.05, 4.69) is 11.2 Å². The van der Waals surface area contributed by atoms with Crippen molar-refractivity contribution in [2.45, 2.75) is 6.92 Å². The molecule has 0 bridgehead atoms. The first-order valence-corrected chi connectivity index (χ1v) is 2.86. The normalized spacial score (nSPS) is 8.50. The SMILES string of the molecule is C[C+]=Nc1ccccc1.[Cl-]. The number of aliphatic imine (C=N–C) groups is 1. The average molecular weight is 154 g/mol. The molecule has 0 aromatic heterocycles. The largest absolute Gasteiger partial charge is 1.00 e. The van der Waals surface area contributed by atoms with Crippen LogP contribution in [0.2, 0.25) is 0 Å². The predicted molar refractivity (Wildman–Crippen MR) is 39.2 cm³/mol. The fourth-order valence-electron chi connectivity index (χ4n) is 0.632. The molecule has 0 unspecified atom stereocenters. The predicted octanol–water partition coefficient (Wildman–Crippen LogP) is -0.710. The lowest BCUT2D eigenvalue weighted by Gasteiger charge is -1.75. The van der Waals surface area contributed by atoms with E-state index in [4.69, 9.17) is 0 Å². The van der Waals surface area contributed by atoms with Gasteiger partial charge in [0.25, 0.3) is 0 Å². The lowest BCUT2D eigenvalue weighted by molar-refractivity contribution is -0.00000193. The molecule has 0 aliphatic heterocycles. The molecule has 0 saturated heterocycles. The van der Waals surface area contributed by atoms with Gasteiger partial charge in [-0.25, -0.2) is 0 Å². The molecular formula is C8H8ClN. The molecule has 52 valence electrons. The van der Waals surface area contributed by atoms with Gasteiger partial charge in [-0.1, -0.05) is 6.07 Å². The molecule has 0 amide bonds. The molecule has 1 aromatic rings. The van der Waals surface area contributed by atoms with E-state index in [0.717, 1.165) is 5.69 Å². The van der Waals surface area contributed by atoms with Gasteiger partial charge in [0.05, 0.1) is 6.92 Å². The zero-order chi connectivity index (χ0) is 6.53. The van der Waals surface area contributed by atoms with Crippen molar-refractivity contribution in [3.63, 3.8) is 0 Å². The number of hydrogen-bond donors (Lipinski definition) is 0. The average Bonchev–Trinajstić information content (AvgIpc) is 1.91. The molecule has 0 heterocycles. The number of para-hydroxylation sites is 1. The van der Waals surface area contributed by atoms with Gasteiger partial charge in [0.15, 0.2) is 6.21 Å². The van der Waals surface area contributed by atoms with Gasteiger partial charge in [-0.05, 0) is 17.1 Å². The van der Waals surface area contributed by atoms with Gasteiger partial charge in [-0.15, -0.1) is 0 Å². The maximum absolute atomic E-state index is 3.96. The molecule has 0 aliphatic carbocycles. The number of benzene rings is 1. The van der Waals surface area contributed by atoms with Crippen LogP contribution in [0, 0.1) is 0 Å². The first-order chi connectivity index (χ1) is 4.43. The number of rotatable bonds is 1. The van der Waals surface area contributed by atoms with Crippen LogP contribution < -0.4 is 12.4 Å². The highest BCUT2D eigenvalue weighted by molar-refractivity contribution is 5.59. The Morgan fingerprint density at radius 2 is 1.80 bits per heavy atom. The number of halogens is 1. The van der Waals surface area contributed by atoms with Gasteiger partial charge < -0.3 is 12.4 Å². The minimum Gasteiger partial charge on any atom is -1.00 e. The molecule has 0 atom stereocenters. The van der Waals surface area contributed by atoms with E-state index in [1.54, 1.807) is 6.92 Å². The summed E-state index contributed by atoms with van der Waals surface area (Å²) >= 11 is 0. The topological polar surface area (TPSA) is 12.4 Å². The Labute approximate surface area is 67.2 Å². The van der Waals surface area contributed by atoms with Crippen molar-refractivity contribution in [2.24, 2.45) is 4.99 Å². The van der Waals surface area contributed by atoms with Crippen LogP contribution in [0.5, 0.6) is 0 Å². The van der Waals surface area contributed by atoms with Crippen molar-refractivity contribution in [3.05, 3.63) is 30.3 Å². The maximum Gasteiger partial charge on any atom is 0.211 e. The summed E-state index contributed by atoms with van der Waals surface area (Å²) in [6.07, 6.45) is 2.71. The molecule has 0 N–H and O–H groups in total. The van der Waals surface area contributed by atoms with Crippen LogP contribution in [0.25, 0.3) is 0 Å². The standard InChI is InChI=1S/C8H8N.ClH/c1-2-9-8-6-4-3-5-7-8;/h3-7H,1H3;1H/q+1;/p-1. The van der Waals surface area contributed by atoms with Gasteiger partial charge in [0, 0.05) is 12.1 Å². The van der Waals surface area contributed by atoms with Crippen LogP contribution in [0.4, 0.5) is 5.69 Å². The van der Waals surface area contributed by atoms with Crippen LogP contribution in [0.15, 0.2) is 35.3 Å². The summed E-state index contributed by atoms with van der Waals surface area (Å²) in [5.41, 5.74) is 0.958. The maximum atomic E-state index is 3.96. The van der Waals surface area contributed by atoms with E-state index in [1.807, 2.05) is 30.3 Å². The van der Waals surface area contributed by atoms with Crippen molar-refractivity contribution in [2.75, 3.05) is 0 Å². The zero-order valence-electron chi connectivity index (χ0n) is 5.71. The van der Waals surface area contributed by atoms with Crippen LogP contribution >= 0.6 is 0 Å². The molecule has 1 rings (SSSR count). The second kappa shape index (κ2) is 4.92. The molecule has 2 heteroatoms. The summed E-state index contributed by atoms with van der Waals surface area (Å²) in [6.45, 7) is 1.78. The van der Waals surface area contributed by atoms with Crippen LogP contribution in [-0.4, -0.2) is 6.21 Å². The number of hydrogen-bond acceptors (Lipinski definition) is 1. The van der Waals surface area contributed by atoms with Crippen molar-refractivity contribution >= 4 is 11.9 Å². The van der Waals surface area contributed by atoms with Gasteiger partial charge in [-0.2, -0.15) is 0 Å². The molecule has 0 spiro atoms. The number of nitrogens with zero attached hydrogens (tertiary/aromatic N) is 1. The zero-order valence-corrected chi connectivity index (χ0v) is 6.47. The summed E-state index contributed by atoms with van der Waals surface area (Å²) in [5, 5.41) is 0. The van der Waals surface area contributed by atoms with E-state index in [-0.39, 0.29) is 12.4 Å². The van der Waals surface area contributed by atoms with Crippen molar-refractivity contribution in [3.8, 4) is 0 Å². The van der Waals surface area contributed by atoms with E-state index in [9.17, 15) is 0 Å². The Bertz CT molecular complexity index is 194. The third kappa shape index (κ3) is 2.58. The van der Waals surface area contributed by atoms with E-state index < -0.39 is 0 Å². The highest BCUT2D eigenvalue weighted by Crippen LogP contribution is 2.07. The highest BCUT2D eigenvalue weighted by Gasteiger charge is 1.90. The fourth-order valence-corrected chi connectivity index (χ4v) is 0.632. The molecule has 10 heavy (non-hydrogen) atoms. The van der Waals surface area contributed by atoms with Gasteiger partial charge >= 0.3 is 0 Å². The lowest BCUT2D eigenvalue weighted by atomic mass is 10.3. The summed E-state index contributed by atoms with van der Waals surface area (Å²) in [6, 6.07) is 9.76. The molecule has 0 fully saturated rings. The molecule has 0 aliphatic rings. The minimum atomic E-state index is 0. The van der Waals surface area contributed by atoms with Gasteiger partial charge in [-0.3, -0.25) is 0 Å². The quantitative estimate of drug-likeness (QED) is 0.374. The smallest absolute Gasteiger partial charge is 0.211 e. The molecule has 1 nitrogen and oxygen atoms in total. The summed E-state index contributed by atoms with van der Waals surface area (Å²) in [5.74, 6) is 0. The second-order valence-electron chi connectivity index (χ2n) is 1.67. The Balaban J connectivity index is 0.000000810. The highest BCUT2D eigenvalue weighted by atomic mass is 35.5. The van der Waals surface area contributed by atoms with E-state index in [1.165, 1.54) is 0 Å². The van der Waals surface area contributed by atoms with Gasteiger partial charge in [0.2, 0.25) is 5.69 Å². The summed E-state index contributed by atoms with van der Waals surface area (Å²) in [4.78, 5) is 3.96. The minimum absolute atomic E-state index is 0. The third-order valence-corrected chi connectivity index (χ3v) is 0.997. The van der Waals surface area contributed by atoms with Crippen LogP contribution in [0.3, 0.4) is 0 Å². The molecule has 0 radical (unpaired) electrons. The van der Waals surface area contributed by atoms with Gasteiger partial charge in [0.1, 0.15) is 0 Å². The first kappa shape index (κ1) is 9.09. The van der Waals surface area contributed by atoms with Crippen molar-refractivity contribution in [1.82, 2.24) is 0 Å². The fraction of sp³-hybridized carbons (Fsp3) is 0.125.